The highest BCUT2D eigenvalue weighted by Crippen LogP contribution is 2.25. The number of pyridine rings is 1. The summed E-state index contributed by atoms with van der Waals surface area (Å²) in [7, 11) is -1.97. The molecule has 46 heavy (non-hydrogen) atoms. The van der Waals surface area contributed by atoms with Crippen LogP contribution in [-0.2, 0) is 16.4 Å². The molecule has 0 aliphatic carbocycles. The number of amides is 2. The lowest BCUT2D eigenvalue weighted by Crippen LogP contribution is -2.42. The van der Waals surface area contributed by atoms with E-state index in [0.717, 1.165) is 17.1 Å². The number of carbonyl (C=O) groups is 2. The summed E-state index contributed by atoms with van der Waals surface area (Å²) in [6, 6.07) is 12.5. The molecular formula is C32H31F4N5O4S. The Morgan fingerprint density at radius 1 is 1.09 bits per heavy atom. The molecule has 1 aliphatic rings. The Labute approximate surface area is 263 Å². The van der Waals surface area contributed by atoms with Gasteiger partial charge in [0.25, 0.3) is 0 Å². The van der Waals surface area contributed by atoms with Gasteiger partial charge in [-0.1, -0.05) is 17.9 Å². The van der Waals surface area contributed by atoms with Gasteiger partial charge >= 0.3 is 12.2 Å². The van der Waals surface area contributed by atoms with Gasteiger partial charge < -0.3 is 19.9 Å². The van der Waals surface area contributed by atoms with Crippen LogP contribution in [0.5, 0.6) is 0 Å². The molecule has 5 rings (SSSR count). The number of carbonyl (C=O) groups excluding carboxylic acids is 2. The molecule has 4 aromatic rings. The van der Waals surface area contributed by atoms with Gasteiger partial charge in [0, 0.05) is 54.9 Å². The topological polar surface area (TPSA) is 113 Å². The van der Waals surface area contributed by atoms with Crippen molar-refractivity contribution >= 4 is 27.8 Å². The summed E-state index contributed by atoms with van der Waals surface area (Å²) < 4.78 is 78.3. The van der Waals surface area contributed by atoms with Crippen LogP contribution in [0.3, 0.4) is 0 Å². The minimum Gasteiger partial charge on any atom is -0.329 e. The second-order valence-corrected chi connectivity index (χ2v) is 12.5. The summed E-state index contributed by atoms with van der Waals surface area (Å²) >= 11 is 0. The third-order valence-corrected chi connectivity index (χ3v) is 8.91. The molecule has 0 radical (unpaired) electrons. The average molecular weight is 658 g/mol. The predicted octanol–water partition coefficient (Wildman–Crippen LogP) is 4.46. The van der Waals surface area contributed by atoms with Crippen molar-refractivity contribution in [3.8, 4) is 11.8 Å². The van der Waals surface area contributed by atoms with E-state index in [-0.39, 0.29) is 34.9 Å². The molecule has 2 amide bonds. The van der Waals surface area contributed by atoms with E-state index in [9.17, 15) is 35.6 Å². The lowest BCUT2D eigenvalue weighted by atomic mass is 10.1. The highest BCUT2D eigenvalue weighted by molar-refractivity contribution is 7.91. The first-order chi connectivity index (χ1) is 21.9. The summed E-state index contributed by atoms with van der Waals surface area (Å²) in [6.07, 6.45) is 2.08. The van der Waals surface area contributed by atoms with Gasteiger partial charge in [-0.25, -0.2) is 22.6 Å². The SMILES string of the molecule is CNCc1ccn2ccnc2c1.O=Cc1ccc(S(=O)(=O)CC2CCN(C(=O)NCC(F)(F)F)C2)c(C#Cc2ccc(F)cc2)c1. The number of rotatable bonds is 7. The van der Waals surface area contributed by atoms with Crippen molar-refractivity contribution in [1.82, 2.24) is 24.9 Å². The Bertz CT molecular complexity index is 1850. The molecular weight excluding hydrogens is 626 g/mol. The van der Waals surface area contributed by atoms with E-state index in [1.165, 1.54) is 48.0 Å². The molecule has 242 valence electrons. The normalized spacial score (nSPS) is 14.6. The highest BCUT2D eigenvalue weighted by Gasteiger charge is 2.33. The van der Waals surface area contributed by atoms with Crippen molar-refractivity contribution in [1.29, 1.82) is 0 Å². The standard InChI is InChI=1S/C23H20F4N2O4S.C9H11N3/c24-20-6-2-16(3-7-20)1-5-19-11-17(13-30)4-8-21(19)34(32,33)14-18-9-10-29(12-18)22(31)28-15-23(25,26)27;1-10-7-8-2-4-12-5-3-11-9(12)6-8/h2-4,6-8,11,13,18H,9-10,12,14-15H2,(H,28,31);2-6,10H,7H2,1H3. The fourth-order valence-electron chi connectivity index (χ4n) is 4.77. The molecule has 1 saturated heterocycles. The number of nitrogens with zero attached hydrogens (tertiary/aromatic N) is 3. The van der Waals surface area contributed by atoms with Crippen molar-refractivity contribution < 1.29 is 35.6 Å². The number of aldehydes is 1. The lowest BCUT2D eigenvalue weighted by molar-refractivity contribution is -0.123. The van der Waals surface area contributed by atoms with Gasteiger partial charge in [0.05, 0.1) is 10.6 Å². The summed E-state index contributed by atoms with van der Waals surface area (Å²) in [4.78, 5) is 28.3. The van der Waals surface area contributed by atoms with E-state index >= 15 is 0 Å². The molecule has 1 aliphatic heterocycles. The molecule has 14 heteroatoms. The first-order valence-corrected chi connectivity index (χ1v) is 15.8. The van der Waals surface area contributed by atoms with Crippen LogP contribution in [0.1, 0.15) is 33.5 Å². The minimum atomic E-state index is -4.54. The Balaban J connectivity index is 0.000000331. The fourth-order valence-corrected chi connectivity index (χ4v) is 6.56. The Hall–Kier alpha value is -4.74. The monoisotopic (exact) mass is 657 g/mol. The zero-order valence-electron chi connectivity index (χ0n) is 24.7. The maximum absolute atomic E-state index is 13.1. The van der Waals surface area contributed by atoms with Crippen LogP contribution in [0, 0.1) is 23.6 Å². The van der Waals surface area contributed by atoms with Gasteiger partial charge in [-0.2, -0.15) is 13.2 Å². The number of alkyl halides is 3. The van der Waals surface area contributed by atoms with Crippen LogP contribution in [0.2, 0.25) is 0 Å². The molecule has 2 N–H and O–H groups in total. The predicted molar refractivity (Wildman–Crippen MR) is 163 cm³/mol. The van der Waals surface area contributed by atoms with Crippen LogP contribution in [0.15, 0.2) is 78.1 Å². The molecule has 3 heterocycles. The van der Waals surface area contributed by atoms with Crippen molar-refractivity contribution in [2.75, 3.05) is 32.4 Å². The minimum absolute atomic E-state index is 0.00800. The number of likely N-dealkylation sites (tertiary alicyclic amines) is 1. The van der Waals surface area contributed by atoms with Crippen molar-refractivity contribution in [3.63, 3.8) is 0 Å². The van der Waals surface area contributed by atoms with E-state index in [1.807, 2.05) is 23.8 Å². The maximum atomic E-state index is 13.1. The number of imidazole rings is 1. The van der Waals surface area contributed by atoms with Crippen molar-refractivity contribution in [2.24, 2.45) is 5.92 Å². The summed E-state index contributed by atoms with van der Waals surface area (Å²) in [5, 5.41) is 4.88. The molecule has 0 bridgehead atoms. The second-order valence-electron chi connectivity index (χ2n) is 10.5. The molecule has 0 saturated carbocycles. The lowest BCUT2D eigenvalue weighted by Gasteiger charge is -2.18. The summed E-state index contributed by atoms with van der Waals surface area (Å²) in [6.45, 7) is -0.453. The number of sulfone groups is 1. The van der Waals surface area contributed by atoms with Crippen LogP contribution >= 0.6 is 0 Å². The zero-order valence-corrected chi connectivity index (χ0v) is 25.5. The molecule has 0 spiro atoms. The van der Waals surface area contributed by atoms with Gasteiger partial charge in [-0.3, -0.25) is 4.79 Å². The van der Waals surface area contributed by atoms with E-state index in [4.69, 9.17) is 0 Å². The van der Waals surface area contributed by atoms with E-state index < -0.39 is 40.3 Å². The molecule has 9 nitrogen and oxygen atoms in total. The zero-order chi connectivity index (χ0) is 33.3. The van der Waals surface area contributed by atoms with Crippen LogP contribution in [-0.4, -0.2) is 73.6 Å². The number of nitrogens with one attached hydrogen (secondary N) is 2. The highest BCUT2D eigenvalue weighted by atomic mass is 32.2. The van der Waals surface area contributed by atoms with E-state index in [1.54, 1.807) is 11.5 Å². The number of urea groups is 1. The molecule has 2 aromatic heterocycles. The molecule has 1 atom stereocenters. The number of fused-ring (bicyclic) bond motifs is 1. The smallest absolute Gasteiger partial charge is 0.329 e. The number of aromatic nitrogens is 2. The van der Waals surface area contributed by atoms with Crippen LogP contribution in [0.4, 0.5) is 22.4 Å². The molecule has 1 unspecified atom stereocenters. The Morgan fingerprint density at radius 3 is 2.54 bits per heavy atom. The summed E-state index contributed by atoms with van der Waals surface area (Å²) in [5.74, 6) is 4.19. The Kier molecular flexibility index (Phi) is 11.2. The summed E-state index contributed by atoms with van der Waals surface area (Å²) in [5.41, 5.74) is 3.01. The number of benzene rings is 2. The quantitative estimate of drug-likeness (QED) is 0.173. The fraction of sp³-hybridized carbons (Fsp3) is 0.281. The van der Waals surface area contributed by atoms with Gasteiger partial charge in [0.15, 0.2) is 9.84 Å². The second kappa shape index (κ2) is 15.0. The van der Waals surface area contributed by atoms with Crippen molar-refractivity contribution in [3.05, 3.63) is 101 Å². The van der Waals surface area contributed by atoms with Gasteiger partial charge in [-0.15, -0.1) is 0 Å². The van der Waals surface area contributed by atoms with E-state index in [0.29, 0.717) is 18.3 Å². The third kappa shape index (κ3) is 9.63. The van der Waals surface area contributed by atoms with Crippen molar-refractivity contribution in [2.45, 2.75) is 24.0 Å². The van der Waals surface area contributed by atoms with E-state index in [2.05, 4.69) is 34.3 Å². The van der Waals surface area contributed by atoms with Gasteiger partial charge in [-0.05, 0) is 73.5 Å². The third-order valence-electron chi connectivity index (χ3n) is 6.97. The molecule has 1 fully saturated rings. The average Bonchev–Trinajstić information content (AvgIpc) is 3.69. The maximum Gasteiger partial charge on any atom is 0.405 e. The first kappa shape index (κ1) is 34.1. The van der Waals surface area contributed by atoms with Crippen LogP contribution < -0.4 is 10.6 Å². The van der Waals surface area contributed by atoms with Crippen LogP contribution in [0.25, 0.3) is 5.65 Å². The number of hydrogen-bond donors (Lipinski definition) is 2. The Morgan fingerprint density at radius 2 is 1.85 bits per heavy atom. The van der Waals surface area contributed by atoms with Gasteiger partial charge in [0.2, 0.25) is 0 Å². The number of hydrogen-bond acceptors (Lipinski definition) is 6. The first-order valence-electron chi connectivity index (χ1n) is 14.1. The number of halogens is 4. The largest absolute Gasteiger partial charge is 0.405 e. The van der Waals surface area contributed by atoms with Gasteiger partial charge in [0.1, 0.15) is 24.3 Å². The molecule has 2 aromatic carbocycles.